The maximum Gasteiger partial charge on any atom is 0.0547 e. The van der Waals surface area contributed by atoms with Crippen molar-refractivity contribution >= 4 is 43.6 Å². The molecule has 2 nitrogen and oxygen atoms in total. The summed E-state index contributed by atoms with van der Waals surface area (Å²) in [5.41, 5.74) is 33.8. The molecule has 2 aliphatic rings. The number of rotatable bonds is 12. The molecule has 2 aliphatic carbocycles. The molecule has 0 bridgehead atoms. The molecule has 18 rings (SSSR count). The van der Waals surface area contributed by atoms with Crippen molar-refractivity contribution in [3.8, 4) is 100 Å². The van der Waals surface area contributed by atoms with Crippen molar-refractivity contribution in [2.24, 2.45) is 0 Å². The molecular weight excluding hydrogens is 1160 g/mol. The summed E-state index contributed by atoms with van der Waals surface area (Å²) < 4.78 is 4.77. The van der Waals surface area contributed by atoms with Gasteiger partial charge in [-0.2, -0.15) is 0 Å². The lowest BCUT2D eigenvalue weighted by Gasteiger charge is -2.30. The first kappa shape index (κ1) is 58.5. The lowest BCUT2D eigenvalue weighted by atomic mass is 9.73. The third-order valence-corrected chi connectivity index (χ3v) is 21.8. The zero-order chi connectivity index (χ0) is 64.5. The van der Waals surface area contributed by atoms with Crippen LogP contribution in [0.15, 0.2) is 328 Å². The minimum atomic E-state index is 0.0816. The molecule has 14 aromatic carbocycles. The number of hydrogen-bond donors (Lipinski definition) is 0. The molecule has 0 saturated carbocycles. The number of hydrogen-bond acceptors (Lipinski definition) is 0. The van der Waals surface area contributed by atoms with Gasteiger partial charge in [-0.05, 0) is 222 Å². The highest BCUT2D eigenvalue weighted by molar-refractivity contribution is 6.11. The van der Waals surface area contributed by atoms with Crippen LogP contribution < -0.4 is 0 Å². The second kappa shape index (κ2) is 23.9. The van der Waals surface area contributed by atoms with Crippen molar-refractivity contribution in [3.05, 3.63) is 350 Å². The fourth-order valence-corrected chi connectivity index (χ4v) is 16.8. The summed E-state index contributed by atoms with van der Waals surface area (Å²) in [5, 5.41) is 5.07. The fourth-order valence-electron chi connectivity index (χ4n) is 16.8. The third-order valence-electron chi connectivity index (χ3n) is 21.8. The molecule has 0 spiro atoms. The van der Waals surface area contributed by atoms with Gasteiger partial charge in [0.2, 0.25) is 0 Å². The largest absolute Gasteiger partial charge is 0.309 e. The predicted molar refractivity (Wildman–Crippen MR) is 408 cm³/mol. The van der Waals surface area contributed by atoms with E-state index in [1.807, 2.05) is 0 Å². The molecule has 2 aromatic heterocycles. The van der Waals surface area contributed by atoms with E-state index in [9.17, 15) is 0 Å². The van der Waals surface area contributed by atoms with Crippen LogP contribution in [0.5, 0.6) is 0 Å². The van der Waals surface area contributed by atoms with E-state index in [0.717, 1.165) is 25.7 Å². The Morgan fingerprint density at radius 1 is 0.198 bits per heavy atom. The highest BCUT2D eigenvalue weighted by Crippen LogP contribution is 2.55. The molecule has 460 valence electrons. The van der Waals surface area contributed by atoms with E-state index in [1.165, 1.54) is 166 Å². The second-order valence-electron chi connectivity index (χ2n) is 26.4. The van der Waals surface area contributed by atoms with Crippen LogP contribution in [-0.2, 0) is 10.8 Å². The maximum absolute atomic E-state index is 2.48. The van der Waals surface area contributed by atoms with Crippen LogP contribution in [0.1, 0.15) is 75.6 Å². The standard InChI is InChI=1S/C48H32N2.C46H42/c1-3-17-39(18-4-1)49-45-23-9-7-21-41(45)43-27-25-37(31-47(43)49)35-15-11-13-33(29-35)34-14-12-16-36(30-34)38-26-28-44-42-22-8-10-24-46(42)50(48(44)32-38)40-19-5-2-6-20-40;1-5-45(6-2)41-21-11-9-19-37(41)39-25-23-35(29-43(39)45)33-17-13-15-31(27-33)32-16-14-18-34(28-32)36-24-26-40-38-20-10-12-22-42(38)46(7-3,8-4)44(40)30-36/h1-32H;9-30H,5-8H2,1-4H3. The number of nitrogens with zero attached hydrogens (tertiary/aromatic N) is 2. The fraction of sp³-hybridized carbons (Fsp3) is 0.106. The molecule has 0 radical (unpaired) electrons. The van der Waals surface area contributed by atoms with E-state index in [-0.39, 0.29) is 10.8 Å². The minimum Gasteiger partial charge on any atom is -0.309 e. The number of aromatic nitrogens is 2. The molecule has 0 fully saturated rings. The molecule has 0 saturated heterocycles. The Labute approximate surface area is 563 Å². The molecular formula is C94H74N2. The Kier molecular flexibility index (Phi) is 14.6. The van der Waals surface area contributed by atoms with Crippen LogP contribution in [0.4, 0.5) is 0 Å². The Morgan fingerprint density at radius 2 is 0.469 bits per heavy atom. The Balaban J connectivity index is 0.000000146. The second-order valence-corrected chi connectivity index (χ2v) is 26.4. The van der Waals surface area contributed by atoms with Gasteiger partial charge >= 0.3 is 0 Å². The van der Waals surface area contributed by atoms with E-state index in [0.29, 0.717) is 0 Å². The minimum absolute atomic E-state index is 0.0816. The molecule has 16 aromatic rings. The molecule has 0 N–H and O–H groups in total. The topological polar surface area (TPSA) is 9.86 Å². The van der Waals surface area contributed by atoms with Gasteiger partial charge in [0, 0.05) is 43.7 Å². The van der Waals surface area contributed by atoms with Crippen LogP contribution >= 0.6 is 0 Å². The highest BCUT2D eigenvalue weighted by Gasteiger charge is 2.42. The van der Waals surface area contributed by atoms with Crippen molar-refractivity contribution in [1.82, 2.24) is 9.13 Å². The van der Waals surface area contributed by atoms with E-state index in [4.69, 9.17) is 0 Å². The van der Waals surface area contributed by atoms with Crippen LogP contribution in [0, 0.1) is 0 Å². The van der Waals surface area contributed by atoms with Gasteiger partial charge < -0.3 is 9.13 Å². The Hall–Kier alpha value is -11.3. The summed E-state index contributed by atoms with van der Waals surface area (Å²) in [4.78, 5) is 0. The van der Waals surface area contributed by atoms with Crippen molar-refractivity contribution in [2.75, 3.05) is 0 Å². The van der Waals surface area contributed by atoms with Crippen LogP contribution in [0.2, 0.25) is 0 Å². The first-order valence-electron chi connectivity index (χ1n) is 34.5. The van der Waals surface area contributed by atoms with Gasteiger partial charge in [-0.25, -0.2) is 0 Å². The zero-order valence-electron chi connectivity index (χ0n) is 54.9. The molecule has 0 aliphatic heterocycles. The monoisotopic (exact) mass is 1230 g/mol. The first-order chi connectivity index (χ1) is 47.4. The first-order valence-corrected chi connectivity index (χ1v) is 34.5. The summed E-state index contributed by atoms with van der Waals surface area (Å²) in [6, 6.07) is 121. The quantitative estimate of drug-likeness (QED) is 0.115. The zero-order valence-corrected chi connectivity index (χ0v) is 54.9. The Morgan fingerprint density at radius 3 is 0.823 bits per heavy atom. The van der Waals surface area contributed by atoms with E-state index >= 15 is 0 Å². The van der Waals surface area contributed by atoms with E-state index in [2.05, 4.69) is 364 Å². The van der Waals surface area contributed by atoms with Crippen LogP contribution in [-0.4, -0.2) is 9.13 Å². The molecule has 96 heavy (non-hydrogen) atoms. The predicted octanol–water partition coefficient (Wildman–Crippen LogP) is 25.7. The lowest BCUT2D eigenvalue weighted by Crippen LogP contribution is -2.23. The highest BCUT2D eigenvalue weighted by atomic mass is 15.0. The summed E-state index contributed by atoms with van der Waals surface area (Å²) in [5.74, 6) is 0. The SMILES string of the molecule is CCC1(CC)c2ccccc2-c2ccc(-c3cccc(-c4cccc(-c5ccc6c(c5)C(CC)(CC)c5ccccc5-6)c4)c3)cc21.c1ccc(-n2c3ccccc3c3ccc(-c4cccc(-c5cccc(-c6ccc7c8ccccc8n(-c8ccccc8)c7c6)c5)c4)cc32)cc1. The van der Waals surface area contributed by atoms with Gasteiger partial charge in [-0.1, -0.05) is 270 Å². The Bertz CT molecular complexity index is 5300. The third kappa shape index (κ3) is 9.52. The van der Waals surface area contributed by atoms with Gasteiger partial charge in [-0.3, -0.25) is 0 Å². The van der Waals surface area contributed by atoms with Gasteiger partial charge in [0.05, 0.1) is 22.1 Å². The maximum atomic E-state index is 2.48. The molecule has 0 unspecified atom stereocenters. The number of fused-ring (bicyclic) bond motifs is 12. The van der Waals surface area contributed by atoms with E-state index in [1.54, 1.807) is 0 Å². The molecule has 0 atom stereocenters. The van der Waals surface area contributed by atoms with Crippen molar-refractivity contribution in [2.45, 2.75) is 64.2 Å². The summed E-state index contributed by atoms with van der Waals surface area (Å²) in [6.07, 6.45) is 4.43. The van der Waals surface area contributed by atoms with Crippen molar-refractivity contribution < 1.29 is 0 Å². The lowest BCUT2D eigenvalue weighted by molar-refractivity contribution is 0.490. The summed E-state index contributed by atoms with van der Waals surface area (Å²) in [7, 11) is 0. The molecule has 2 heteroatoms. The summed E-state index contributed by atoms with van der Waals surface area (Å²) >= 11 is 0. The van der Waals surface area contributed by atoms with Gasteiger partial charge in [0.1, 0.15) is 0 Å². The van der Waals surface area contributed by atoms with Crippen LogP contribution in [0.3, 0.4) is 0 Å². The van der Waals surface area contributed by atoms with Gasteiger partial charge in [0.15, 0.2) is 0 Å². The average Bonchev–Trinajstić information content (AvgIpc) is 1.59. The number of para-hydroxylation sites is 4. The smallest absolute Gasteiger partial charge is 0.0547 e. The van der Waals surface area contributed by atoms with Crippen molar-refractivity contribution in [3.63, 3.8) is 0 Å². The summed E-state index contributed by atoms with van der Waals surface area (Å²) in [6.45, 7) is 9.39. The van der Waals surface area contributed by atoms with Crippen molar-refractivity contribution in [1.29, 1.82) is 0 Å². The average molecular weight is 1230 g/mol. The molecule has 0 amide bonds. The normalized spacial score (nSPS) is 13.1. The van der Waals surface area contributed by atoms with Gasteiger partial charge in [-0.15, -0.1) is 0 Å². The molecule has 2 heterocycles. The van der Waals surface area contributed by atoms with Crippen LogP contribution in [0.25, 0.3) is 144 Å². The van der Waals surface area contributed by atoms with E-state index < -0.39 is 0 Å². The van der Waals surface area contributed by atoms with Gasteiger partial charge in [0.25, 0.3) is 0 Å². The number of benzene rings is 14.